The Morgan fingerprint density at radius 1 is 0.882 bits per heavy atom. The Hall–Kier alpha value is -1.03. The van der Waals surface area contributed by atoms with E-state index in [-0.39, 0.29) is 44.5 Å². The van der Waals surface area contributed by atoms with E-state index in [2.05, 4.69) is 45.2 Å². The molecule has 0 saturated carbocycles. The van der Waals surface area contributed by atoms with Gasteiger partial charge in [-0.1, -0.05) is 0 Å². The van der Waals surface area contributed by atoms with E-state index in [1.807, 2.05) is 0 Å². The van der Waals surface area contributed by atoms with Crippen LogP contribution in [0.4, 0.5) is 0 Å². The van der Waals surface area contributed by atoms with Gasteiger partial charge in [0.2, 0.25) is 11.1 Å². The molecule has 0 unspecified atom stereocenters. The normalized spacial score (nSPS) is 8.47. The van der Waals surface area contributed by atoms with Crippen molar-refractivity contribution >= 4 is 48.3 Å². The van der Waals surface area contributed by atoms with Crippen molar-refractivity contribution in [2.75, 3.05) is 0 Å². The summed E-state index contributed by atoms with van der Waals surface area (Å²) in [6, 6.07) is 2.63. The predicted molar refractivity (Wildman–Crippen MR) is 66.7 cm³/mol. The number of hydrogen-bond acceptors (Lipinski definition) is 6. The first-order valence-electron chi connectivity index (χ1n) is 4.02. The zero-order chi connectivity index (χ0) is 12.0. The second-order valence-corrected chi connectivity index (χ2v) is 3.25. The second-order valence-electron chi connectivity index (χ2n) is 2.48. The molecule has 0 spiro atoms. The van der Waals surface area contributed by atoms with Crippen molar-refractivity contribution in [1.82, 2.24) is 19.9 Å². The molecule has 0 aliphatic heterocycles. The summed E-state index contributed by atoms with van der Waals surface area (Å²) < 4.78 is 0. The Kier molecular flexibility index (Phi) is 7.62. The van der Waals surface area contributed by atoms with Crippen molar-refractivity contribution < 1.29 is 0 Å². The number of aromatic amines is 2. The number of H-pyrrole nitrogens is 2. The summed E-state index contributed by atoms with van der Waals surface area (Å²) in [6.07, 6.45) is 2.75. The first kappa shape index (κ1) is 16.0. The Bertz CT molecular complexity index is 520. The van der Waals surface area contributed by atoms with Gasteiger partial charge in [0, 0.05) is 24.5 Å². The predicted octanol–water partition coefficient (Wildman–Crippen LogP) is -1.03. The molecule has 9 heteroatoms. The number of rotatable bonds is 0. The molecule has 17 heavy (non-hydrogen) atoms. The molecule has 0 aliphatic rings. The molecule has 2 heterocycles. The van der Waals surface area contributed by atoms with E-state index in [0.717, 1.165) is 0 Å². The van der Waals surface area contributed by atoms with Gasteiger partial charge in [0.25, 0.3) is 0 Å². The van der Waals surface area contributed by atoms with Crippen LogP contribution in [0.2, 0.25) is 0 Å². The Morgan fingerprint density at radius 3 is 1.41 bits per heavy atom. The summed E-state index contributed by atoms with van der Waals surface area (Å²) >= 11 is 9.07. The standard InChI is InChI=1S/2C4H4N2OS.Mg/c2*7-3-1-2-5-4(8)6-3;/h2*1-2H,(H2,5,6,7,8);/q;;+2/p-2. The van der Waals surface area contributed by atoms with Crippen LogP contribution < -0.4 is 11.1 Å². The molecule has 0 aliphatic carbocycles. The minimum atomic E-state index is -0.204. The fourth-order valence-corrected chi connectivity index (χ4v) is 1.03. The van der Waals surface area contributed by atoms with Gasteiger partial charge in [-0.25, -0.2) is 0 Å². The van der Waals surface area contributed by atoms with E-state index in [1.165, 1.54) is 24.5 Å². The van der Waals surface area contributed by atoms with Crippen LogP contribution >= 0.6 is 0 Å². The third-order valence-corrected chi connectivity index (χ3v) is 1.71. The van der Waals surface area contributed by atoms with Crippen molar-refractivity contribution in [1.29, 1.82) is 0 Å². The number of nitrogens with one attached hydrogen (secondary N) is 2. The van der Waals surface area contributed by atoms with Gasteiger partial charge in [-0.15, -0.1) is 0 Å². The third kappa shape index (κ3) is 6.99. The van der Waals surface area contributed by atoms with Crippen LogP contribution in [-0.2, 0) is 25.3 Å². The molecule has 2 rings (SSSR count). The molecule has 0 saturated heterocycles. The van der Waals surface area contributed by atoms with Crippen LogP contribution in [0.15, 0.2) is 44.4 Å². The summed E-state index contributed by atoms with van der Waals surface area (Å²) in [5.74, 6) is 0. The van der Waals surface area contributed by atoms with Crippen LogP contribution in [0.25, 0.3) is 0 Å². The van der Waals surface area contributed by atoms with Gasteiger partial charge in [-0.2, -0.15) is 0 Å². The molecule has 0 fully saturated rings. The zero-order valence-corrected chi connectivity index (χ0v) is 11.6. The topological polar surface area (TPSA) is 91.5 Å². The maximum atomic E-state index is 10.3. The quantitative estimate of drug-likeness (QED) is 0.364. The van der Waals surface area contributed by atoms with Gasteiger partial charge in [0.15, 0.2) is 0 Å². The molecular formula is C8H6MgN4O2S2. The molecule has 84 valence electrons. The molecule has 0 radical (unpaired) electrons. The maximum absolute atomic E-state index is 10.3. The van der Waals surface area contributed by atoms with Crippen LogP contribution in [0.3, 0.4) is 0 Å². The van der Waals surface area contributed by atoms with Crippen LogP contribution in [-0.4, -0.2) is 43.0 Å². The molecule has 0 aromatic carbocycles. The van der Waals surface area contributed by atoms with E-state index in [1.54, 1.807) is 0 Å². The minimum absolute atomic E-state index is 0. The average Bonchev–Trinajstić information content (AvgIpc) is 2.17. The Morgan fingerprint density at radius 2 is 1.24 bits per heavy atom. The van der Waals surface area contributed by atoms with Gasteiger partial charge < -0.3 is 35.2 Å². The fraction of sp³-hybridized carbons (Fsp3) is 0. The third-order valence-electron chi connectivity index (χ3n) is 1.30. The monoisotopic (exact) mass is 278 g/mol. The number of aromatic nitrogens is 4. The summed E-state index contributed by atoms with van der Waals surface area (Å²) in [4.78, 5) is 32.5. The summed E-state index contributed by atoms with van der Waals surface area (Å²) in [6.45, 7) is 0. The van der Waals surface area contributed by atoms with Crippen molar-refractivity contribution in [3.63, 3.8) is 0 Å². The van der Waals surface area contributed by atoms with Gasteiger partial charge >= 0.3 is 23.1 Å². The second kappa shape index (κ2) is 8.12. The summed E-state index contributed by atoms with van der Waals surface area (Å²) in [7, 11) is 0. The van der Waals surface area contributed by atoms with Crippen LogP contribution in [0.5, 0.6) is 0 Å². The number of nitrogens with zero attached hydrogens (tertiary/aromatic N) is 2. The minimum Gasteiger partial charge on any atom is -0.742 e. The Balaban J connectivity index is 0.000000284. The van der Waals surface area contributed by atoms with E-state index >= 15 is 0 Å². The van der Waals surface area contributed by atoms with E-state index in [0.29, 0.717) is 0 Å². The van der Waals surface area contributed by atoms with Gasteiger partial charge in [-0.3, -0.25) is 19.6 Å². The smallest absolute Gasteiger partial charge is 0.742 e. The van der Waals surface area contributed by atoms with Crippen LogP contribution in [0, 0.1) is 0 Å². The molecule has 2 aromatic rings. The van der Waals surface area contributed by atoms with Crippen molar-refractivity contribution in [2.45, 2.75) is 10.3 Å². The van der Waals surface area contributed by atoms with E-state index < -0.39 is 0 Å². The van der Waals surface area contributed by atoms with Crippen molar-refractivity contribution in [3.05, 3.63) is 45.2 Å². The molecule has 0 bridgehead atoms. The molecular weight excluding hydrogens is 273 g/mol. The number of hydrogen-bond donors (Lipinski definition) is 2. The summed E-state index contributed by atoms with van der Waals surface area (Å²) in [5.41, 5.74) is -0.407. The summed E-state index contributed by atoms with van der Waals surface area (Å²) in [5, 5.41) is 0.468. The molecule has 0 amide bonds. The van der Waals surface area contributed by atoms with Gasteiger partial charge in [0.05, 0.1) is 0 Å². The molecule has 0 atom stereocenters. The average molecular weight is 279 g/mol. The molecule has 6 nitrogen and oxygen atoms in total. The first-order valence-corrected chi connectivity index (χ1v) is 4.84. The molecule has 2 N–H and O–H groups in total. The Labute approximate surface area is 123 Å². The van der Waals surface area contributed by atoms with Gasteiger partial charge in [0.1, 0.15) is 0 Å². The van der Waals surface area contributed by atoms with Crippen molar-refractivity contribution in [3.8, 4) is 0 Å². The first-order chi connectivity index (χ1) is 7.58. The van der Waals surface area contributed by atoms with Crippen LogP contribution in [0.1, 0.15) is 0 Å². The van der Waals surface area contributed by atoms with E-state index in [9.17, 15) is 9.59 Å². The SMILES string of the molecule is O=c1ccnc([S-])[nH]1.O=c1ccnc([S-])[nH]1.[Mg+2]. The zero-order valence-electron chi connectivity index (χ0n) is 8.54. The molecule has 2 aromatic heterocycles. The van der Waals surface area contributed by atoms with E-state index in [4.69, 9.17) is 0 Å². The van der Waals surface area contributed by atoms with Gasteiger partial charge in [-0.05, 0) is 10.3 Å². The largest absolute Gasteiger partial charge is 2.00 e. The van der Waals surface area contributed by atoms with Crippen molar-refractivity contribution in [2.24, 2.45) is 0 Å². The fourth-order valence-electron chi connectivity index (χ4n) is 0.704. The maximum Gasteiger partial charge on any atom is 2.00 e.